The van der Waals surface area contributed by atoms with Crippen LogP contribution in [0.15, 0.2) is 66.9 Å². The highest BCUT2D eigenvalue weighted by atomic mass is 35.5. The number of halogens is 1. The fourth-order valence-corrected chi connectivity index (χ4v) is 2.68. The number of carbonyl (C=O) groups excluding carboxylic acids is 1. The van der Waals surface area contributed by atoms with Gasteiger partial charge in [-0.1, -0.05) is 60.1 Å². The maximum Gasteiger partial charge on any atom is 0.341 e. The summed E-state index contributed by atoms with van der Waals surface area (Å²) in [6.45, 7) is 0. The molecule has 0 amide bonds. The number of para-hydroxylation sites is 1. The van der Waals surface area contributed by atoms with Crippen molar-refractivity contribution in [2.24, 2.45) is 0 Å². The van der Waals surface area contributed by atoms with Gasteiger partial charge >= 0.3 is 5.97 Å². The monoisotopic (exact) mass is 396 g/mol. The van der Waals surface area contributed by atoms with Crippen molar-refractivity contribution in [3.8, 4) is 23.0 Å². The Morgan fingerprint density at radius 1 is 1.00 bits per heavy atom. The number of aromatic nitrogens is 2. The molecule has 28 heavy (non-hydrogen) atoms. The van der Waals surface area contributed by atoms with Gasteiger partial charge in [0.25, 0.3) is 0 Å². The van der Waals surface area contributed by atoms with Gasteiger partial charge in [-0.15, -0.1) is 0 Å². The number of rotatable bonds is 6. The summed E-state index contributed by atoms with van der Waals surface area (Å²) in [5, 5.41) is 0.238. The van der Waals surface area contributed by atoms with Crippen molar-refractivity contribution in [3.05, 3.63) is 77.6 Å². The van der Waals surface area contributed by atoms with Gasteiger partial charge in [0.05, 0.1) is 20.5 Å². The van der Waals surface area contributed by atoms with E-state index in [9.17, 15) is 4.79 Å². The van der Waals surface area contributed by atoms with Crippen molar-refractivity contribution in [1.29, 1.82) is 0 Å². The number of benzene rings is 2. The van der Waals surface area contributed by atoms with E-state index in [0.717, 1.165) is 5.56 Å². The third-order valence-electron chi connectivity index (χ3n) is 3.74. The molecule has 7 heteroatoms. The van der Waals surface area contributed by atoms with Crippen molar-refractivity contribution in [1.82, 2.24) is 9.97 Å². The SMILES string of the molecule is COC=C(C(=O)OC)c1ccccc1Oc1cc(Cl)nc(-c2ccccc2)n1. The minimum absolute atomic E-state index is 0.212. The lowest BCUT2D eigenvalue weighted by Gasteiger charge is -2.13. The van der Waals surface area contributed by atoms with Crippen LogP contribution in [-0.4, -0.2) is 30.2 Å². The second-order valence-electron chi connectivity index (χ2n) is 5.58. The van der Waals surface area contributed by atoms with Crippen molar-refractivity contribution >= 4 is 23.1 Å². The summed E-state index contributed by atoms with van der Waals surface area (Å²) in [5.41, 5.74) is 1.51. The van der Waals surface area contributed by atoms with Crippen LogP contribution in [-0.2, 0) is 14.3 Å². The van der Waals surface area contributed by atoms with Gasteiger partial charge in [-0.05, 0) is 6.07 Å². The highest BCUT2D eigenvalue weighted by Gasteiger charge is 2.18. The molecule has 1 aromatic heterocycles. The Morgan fingerprint density at radius 3 is 2.43 bits per heavy atom. The van der Waals surface area contributed by atoms with Crippen molar-refractivity contribution < 1.29 is 19.0 Å². The molecule has 3 aromatic rings. The third-order valence-corrected chi connectivity index (χ3v) is 3.93. The Morgan fingerprint density at radius 2 is 1.71 bits per heavy atom. The number of ether oxygens (including phenoxy) is 3. The average Bonchev–Trinajstić information content (AvgIpc) is 2.72. The smallest absolute Gasteiger partial charge is 0.341 e. The molecule has 0 bridgehead atoms. The van der Waals surface area contributed by atoms with E-state index in [1.165, 1.54) is 26.5 Å². The molecule has 0 aliphatic heterocycles. The van der Waals surface area contributed by atoms with Crippen molar-refractivity contribution in [3.63, 3.8) is 0 Å². The van der Waals surface area contributed by atoms with E-state index in [1.54, 1.807) is 24.3 Å². The molecule has 2 aromatic carbocycles. The van der Waals surface area contributed by atoms with Crippen LogP contribution < -0.4 is 4.74 Å². The molecule has 0 saturated heterocycles. The van der Waals surface area contributed by atoms with Crippen LogP contribution in [0.4, 0.5) is 0 Å². The third kappa shape index (κ3) is 4.47. The van der Waals surface area contributed by atoms with Crippen molar-refractivity contribution in [2.75, 3.05) is 14.2 Å². The van der Waals surface area contributed by atoms with Gasteiger partial charge in [0.1, 0.15) is 16.5 Å². The molecule has 0 N–H and O–H groups in total. The molecule has 0 unspecified atom stereocenters. The standard InChI is InChI=1S/C21H17ClN2O4/c1-26-13-16(21(25)27-2)15-10-6-7-11-17(15)28-19-12-18(22)23-20(24-19)14-8-4-3-5-9-14/h3-13H,1-2H3. The number of esters is 1. The summed E-state index contributed by atoms with van der Waals surface area (Å²) in [4.78, 5) is 20.8. The Bertz CT molecular complexity index is 1010. The number of methoxy groups -OCH3 is 2. The van der Waals surface area contributed by atoms with Gasteiger partial charge in [0, 0.05) is 17.2 Å². The number of hydrogen-bond acceptors (Lipinski definition) is 6. The fourth-order valence-electron chi connectivity index (χ4n) is 2.51. The molecular formula is C21H17ClN2O4. The van der Waals surface area contributed by atoms with Crippen LogP contribution in [0.5, 0.6) is 11.6 Å². The number of nitrogens with zero attached hydrogens (tertiary/aromatic N) is 2. The second-order valence-corrected chi connectivity index (χ2v) is 5.96. The van der Waals surface area contributed by atoms with E-state index >= 15 is 0 Å². The Kier molecular flexibility index (Phi) is 6.24. The van der Waals surface area contributed by atoms with E-state index in [-0.39, 0.29) is 16.6 Å². The highest BCUT2D eigenvalue weighted by Crippen LogP contribution is 2.32. The second kappa shape index (κ2) is 9.01. The normalized spacial score (nSPS) is 11.0. The molecule has 0 aliphatic carbocycles. The molecule has 3 rings (SSSR count). The van der Waals surface area contributed by atoms with Crippen LogP contribution in [0.25, 0.3) is 17.0 Å². The fraction of sp³-hybridized carbons (Fsp3) is 0.0952. The van der Waals surface area contributed by atoms with E-state index in [0.29, 0.717) is 17.1 Å². The zero-order chi connectivity index (χ0) is 19.9. The largest absolute Gasteiger partial charge is 0.503 e. The summed E-state index contributed by atoms with van der Waals surface area (Å²) in [6, 6.07) is 17.9. The first-order valence-corrected chi connectivity index (χ1v) is 8.68. The molecule has 1 heterocycles. The lowest BCUT2D eigenvalue weighted by Crippen LogP contribution is -2.06. The van der Waals surface area contributed by atoms with E-state index in [1.807, 2.05) is 30.3 Å². The van der Waals surface area contributed by atoms with E-state index in [4.69, 9.17) is 25.8 Å². The Balaban J connectivity index is 2.00. The van der Waals surface area contributed by atoms with Crippen LogP contribution in [0.3, 0.4) is 0 Å². The summed E-state index contributed by atoms with van der Waals surface area (Å²) in [7, 11) is 2.74. The molecular weight excluding hydrogens is 380 g/mol. The average molecular weight is 397 g/mol. The maximum atomic E-state index is 12.1. The first kappa shape index (κ1) is 19.4. The molecule has 0 spiro atoms. The van der Waals surface area contributed by atoms with Gasteiger partial charge in [0.2, 0.25) is 5.88 Å². The maximum absolute atomic E-state index is 12.1. The topological polar surface area (TPSA) is 70.5 Å². The first-order chi connectivity index (χ1) is 13.6. The molecule has 0 saturated carbocycles. The quantitative estimate of drug-likeness (QED) is 0.259. The van der Waals surface area contributed by atoms with Gasteiger partial charge in [-0.2, -0.15) is 4.98 Å². The van der Waals surface area contributed by atoms with Gasteiger partial charge in [-0.25, -0.2) is 9.78 Å². The molecule has 0 radical (unpaired) electrons. The summed E-state index contributed by atoms with van der Waals surface area (Å²) < 4.78 is 15.8. The van der Waals surface area contributed by atoms with Crippen LogP contribution in [0.1, 0.15) is 5.56 Å². The minimum Gasteiger partial charge on any atom is -0.503 e. The predicted octanol–water partition coefficient (Wildman–Crippen LogP) is 4.75. The first-order valence-electron chi connectivity index (χ1n) is 8.31. The van der Waals surface area contributed by atoms with E-state index in [2.05, 4.69) is 9.97 Å². The van der Waals surface area contributed by atoms with Gasteiger partial charge in [0.15, 0.2) is 5.82 Å². The summed E-state index contributed by atoms with van der Waals surface area (Å²) in [5.74, 6) is 0.516. The molecule has 142 valence electrons. The predicted molar refractivity (Wildman–Crippen MR) is 106 cm³/mol. The lowest BCUT2D eigenvalue weighted by molar-refractivity contribution is -0.133. The molecule has 0 aliphatic rings. The zero-order valence-corrected chi connectivity index (χ0v) is 16.0. The van der Waals surface area contributed by atoms with Crippen LogP contribution >= 0.6 is 11.6 Å². The molecule has 6 nitrogen and oxygen atoms in total. The molecule has 0 atom stereocenters. The van der Waals surface area contributed by atoms with Crippen molar-refractivity contribution in [2.45, 2.75) is 0 Å². The zero-order valence-electron chi connectivity index (χ0n) is 15.3. The Hall–Kier alpha value is -3.38. The van der Waals surface area contributed by atoms with Crippen LogP contribution in [0.2, 0.25) is 5.15 Å². The molecule has 0 fully saturated rings. The highest BCUT2D eigenvalue weighted by molar-refractivity contribution is 6.29. The van der Waals surface area contributed by atoms with Gasteiger partial charge < -0.3 is 14.2 Å². The van der Waals surface area contributed by atoms with Crippen LogP contribution in [0, 0.1) is 0 Å². The number of carbonyl (C=O) groups is 1. The summed E-state index contributed by atoms with van der Waals surface area (Å²) in [6.07, 6.45) is 1.30. The minimum atomic E-state index is -0.552. The van der Waals surface area contributed by atoms with E-state index < -0.39 is 5.97 Å². The lowest BCUT2D eigenvalue weighted by atomic mass is 10.1. The summed E-state index contributed by atoms with van der Waals surface area (Å²) >= 11 is 6.15. The Labute approximate surface area is 167 Å². The van der Waals surface area contributed by atoms with Gasteiger partial charge in [-0.3, -0.25) is 0 Å². The number of hydrogen-bond donors (Lipinski definition) is 0.